The number of aromatic nitrogens is 3. The number of ether oxygens (including phenoxy) is 1. The fourth-order valence-electron chi connectivity index (χ4n) is 1.51. The van der Waals surface area contributed by atoms with Crippen LogP contribution in [0.25, 0.3) is 0 Å². The first-order valence-electron chi connectivity index (χ1n) is 5.88. The average molecular weight is 334 g/mol. The van der Waals surface area contributed by atoms with E-state index in [1.807, 2.05) is 0 Å². The summed E-state index contributed by atoms with van der Waals surface area (Å²) in [4.78, 5) is 0. The van der Waals surface area contributed by atoms with Gasteiger partial charge < -0.3 is 4.74 Å². The van der Waals surface area contributed by atoms with Gasteiger partial charge in [0.1, 0.15) is 5.75 Å². The van der Waals surface area contributed by atoms with Crippen LogP contribution in [0, 0.1) is 0 Å². The Morgan fingerprint density at radius 3 is 2.41 bits per heavy atom. The Labute approximate surface area is 127 Å². The van der Waals surface area contributed by atoms with Crippen LogP contribution < -0.4 is 4.74 Å². The maximum atomic E-state index is 12.8. The third-order valence-electron chi connectivity index (χ3n) is 2.44. The average Bonchev–Trinajstić information content (AvgIpc) is 2.89. The molecule has 1 aromatic heterocycles. The van der Waals surface area contributed by atoms with E-state index in [4.69, 9.17) is 0 Å². The van der Waals surface area contributed by atoms with Gasteiger partial charge in [0, 0.05) is 0 Å². The third-order valence-corrected chi connectivity index (χ3v) is 3.06. The molecule has 0 fully saturated rings. The van der Waals surface area contributed by atoms with Gasteiger partial charge in [0.25, 0.3) is 6.43 Å². The van der Waals surface area contributed by atoms with E-state index in [1.165, 1.54) is 30.5 Å². The molecule has 118 valence electrons. The molecule has 2 rings (SSSR count). The van der Waals surface area contributed by atoms with Crippen molar-refractivity contribution in [2.75, 3.05) is 6.26 Å². The summed E-state index contributed by atoms with van der Waals surface area (Å²) in [6.45, 7) is -2.91. The summed E-state index contributed by atoms with van der Waals surface area (Å²) in [6, 6.07) is 5.57. The van der Waals surface area contributed by atoms with E-state index in [-0.39, 0.29) is 10.9 Å². The van der Waals surface area contributed by atoms with Gasteiger partial charge in [-0.3, -0.25) is 0 Å². The highest BCUT2D eigenvalue weighted by Crippen LogP contribution is 2.21. The van der Waals surface area contributed by atoms with Crippen LogP contribution in [0.4, 0.5) is 17.6 Å². The lowest BCUT2D eigenvalue weighted by Gasteiger charge is -2.04. The highest BCUT2D eigenvalue weighted by Gasteiger charge is 2.19. The molecular weight excluding hydrogens is 324 g/mol. The monoisotopic (exact) mass is 334 g/mol. The molecule has 2 aromatic rings. The number of hydrogen-bond donors (Lipinski definition) is 0. The number of rotatable bonds is 6. The Hall–Kier alpha value is -2.10. The standard InChI is InChI=1S/C12H10F4N4OS/c1-22-12-19-18-10(9(13)14)20(12)17-6-7-2-4-8(5-3-7)21-11(15)16/h2-6,9,11H,1H3/b17-6+. The molecule has 0 amide bonds. The molecule has 0 spiro atoms. The molecule has 1 aromatic carbocycles. The zero-order chi connectivity index (χ0) is 16.1. The molecule has 0 saturated carbocycles. The van der Waals surface area contributed by atoms with Gasteiger partial charge in [-0.05, 0) is 36.1 Å². The molecule has 0 saturated heterocycles. The summed E-state index contributed by atoms with van der Waals surface area (Å²) in [6.07, 6.45) is 0.135. The van der Waals surface area contributed by atoms with Crippen LogP contribution in [-0.4, -0.2) is 34.0 Å². The van der Waals surface area contributed by atoms with Crippen LogP contribution in [0.15, 0.2) is 34.5 Å². The van der Waals surface area contributed by atoms with Gasteiger partial charge in [0.15, 0.2) is 0 Å². The van der Waals surface area contributed by atoms with Gasteiger partial charge in [-0.25, -0.2) is 8.78 Å². The van der Waals surface area contributed by atoms with Gasteiger partial charge in [0.2, 0.25) is 11.0 Å². The largest absolute Gasteiger partial charge is 0.435 e. The fraction of sp³-hybridized carbons (Fsp3) is 0.250. The van der Waals surface area contributed by atoms with Crippen molar-refractivity contribution in [3.8, 4) is 5.75 Å². The second-order valence-electron chi connectivity index (χ2n) is 3.85. The van der Waals surface area contributed by atoms with E-state index >= 15 is 0 Å². The van der Waals surface area contributed by atoms with Crippen molar-refractivity contribution in [1.82, 2.24) is 14.9 Å². The van der Waals surface area contributed by atoms with Crippen LogP contribution in [0.1, 0.15) is 17.8 Å². The Balaban J connectivity index is 2.19. The molecule has 0 aliphatic carbocycles. The lowest BCUT2D eigenvalue weighted by Crippen LogP contribution is -2.02. The Bertz CT molecular complexity index is 645. The van der Waals surface area contributed by atoms with E-state index in [1.54, 1.807) is 6.26 Å². The van der Waals surface area contributed by atoms with Crippen LogP contribution in [0.3, 0.4) is 0 Å². The molecule has 0 unspecified atom stereocenters. The van der Waals surface area contributed by atoms with Crippen molar-refractivity contribution in [3.63, 3.8) is 0 Å². The summed E-state index contributed by atoms with van der Waals surface area (Å²) in [5, 5.41) is 11.1. The molecule has 0 N–H and O–H groups in total. The minimum absolute atomic E-state index is 0.00507. The van der Waals surface area contributed by atoms with Gasteiger partial charge in [-0.1, -0.05) is 11.8 Å². The molecule has 10 heteroatoms. The van der Waals surface area contributed by atoms with Crippen LogP contribution in [-0.2, 0) is 0 Å². The summed E-state index contributed by atoms with van der Waals surface area (Å²) in [5.41, 5.74) is 0.516. The van der Waals surface area contributed by atoms with Crippen molar-refractivity contribution in [2.24, 2.45) is 5.10 Å². The number of hydrogen-bond acceptors (Lipinski definition) is 5. The smallest absolute Gasteiger partial charge is 0.387 e. The predicted octanol–water partition coefficient (Wildman–Crippen LogP) is 3.42. The van der Waals surface area contributed by atoms with E-state index in [9.17, 15) is 17.6 Å². The van der Waals surface area contributed by atoms with Crippen molar-refractivity contribution < 1.29 is 22.3 Å². The van der Waals surface area contributed by atoms with Crippen LogP contribution in [0.5, 0.6) is 5.75 Å². The zero-order valence-electron chi connectivity index (χ0n) is 11.2. The molecule has 0 aliphatic heterocycles. The lowest BCUT2D eigenvalue weighted by molar-refractivity contribution is -0.0498. The Morgan fingerprint density at radius 2 is 1.86 bits per heavy atom. The van der Waals surface area contributed by atoms with Crippen LogP contribution >= 0.6 is 11.8 Å². The van der Waals surface area contributed by atoms with Crippen LogP contribution in [0.2, 0.25) is 0 Å². The molecule has 0 bridgehead atoms. The van der Waals surface area contributed by atoms with E-state index in [0.29, 0.717) is 5.56 Å². The van der Waals surface area contributed by atoms with Gasteiger partial charge in [0.05, 0.1) is 6.21 Å². The highest BCUT2D eigenvalue weighted by molar-refractivity contribution is 7.98. The normalized spacial score (nSPS) is 11.8. The summed E-state index contributed by atoms with van der Waals surface area (Å²) >= 11 is 1.12. The second kappa shape index (κ2) is 7.25. The number of alkyl halides is 4. The van der Waals surface area contributed by atoms with Crippen molar-refractivity contribution >= 4 is 18.0 Å². The first-order chi connectivity index (χ1) is 10.5. The fourth-order valence-corrected chi connectivity index (χ4v) is 1.94. The number of benzene rings is 1. The minimum Gasteiger partial charge on any atom is -0.435 e. The lowest BCUT2D eigenvalue weighted by atomic mass is 10.2. The molecule has 1 heterocycles. The molecule has 0 aliphatic rings. The SMILES string of the molecule is CSc1nnc(C(F)F)n1/N=C/c1ccc(OC(F)F)cc1. The third kappa shape index (κ3) is 3.97. The van der Waals surface area contributed by atoms with Crippen molar-refractivity contribution in [3.05, 3.63) is 35.7 Å². The minimum atomic E-state index is -2.91. The number of nitrogens with zero attached hydrogens (tertiary/aromatic N) is 4. The summed E-state index contributed by atoms with van der Waals surface area (Å²) in [7, 11) is 0. The predicted molar refractivity (Wildman–Crippen MR) is 72.8 cm³/mol. The van der Waals surface area contributed by atoms with E-state index in [0.717, 1.165) is 16.4 Å². The molecule has 22 heavy (non-hydrogen) atoms. The first kappa shape index (κ1) is 16.3. The maximum Gasteiger partial charge on any atom is 0.387 e. The quantitative estimate of drug-likeness (QED) is 0.461. The molecule has 0 atom stereocenters. The number of thioether (sulfide) groups is 1. The molecular formula is C12H10F4N4OS. The summed E-state index contributed by atoms with van der Waals surface area (Å²) in [5.74, 6) is -0.576. The Morgan fingerprint density at radius 1 is 1.18 bits per heavy atom. The Kier molecular flexibility index (Phi) is 5.36. The number of halogens is 4. The topological polar surface area (TPSA) is 52.3 Å². The zero-order valence-corrected chi connectivity index (χ0v) is 12.0. The highest BCUT2D eigenvalue weighted by atomic mass is 32.2. The summed E-state index contributed by atoms with van der Waals surface area (Å²) < 4.78 is 54.7. The molecule has 0 radical (unpaired) electrons. The maximum absolute atomic E-state index is 12.8. The van der Waals surface area contributed by atoms with Crippen molar-refractivity contribution in [1.29, 1.82) is 0 Å². The van der Waals surface area contributed by atoms with Gasteiger partial charge in [-0.2, -0.15) is 18.6 Å². The van der Waals surface area contributed by atoms with Crippen molar-refractivity contribution in [2.45, 2.75) is 18.2 Å². The molecule has 5 nitrogen and oxygen atoms in total. The van der Waals surface area contributed by atoms with E-state index in [2.05, 4.69) is 20.0 Å². The van der Waals surface area contributed by atoms with E-state index < -0.39 is 18.9 Å². The van der Waals surface area contributed by atoms with Gasteiger partial charge >= 0.3 is 6.61 Å². The van der Waals surface area contributed by atoms with Gasteiger partial charge in [-0.15, -0.1) is 10.2 Å². The second-order valence-corrected chi connectivity index (χ2v) is 4.62. The first-order valence-corrected chi connectivity index (χ1v) is 7.10.